The third-order valence-corrected chi connectivity index (χ3v) is 3.68. The molecule has 0 amide bonds. The SMILES string of the molecule is CC(OOS(=O)(=O)c1ccccc1)c1ccccc1.COC. The van der Waals surface area contributed by atoms with Gasteiger partial charge in [0.25, 0.3) is 0 Å². The molecular weight excluding hydrogens is 304 g/mol. The van der Waals surface area contributed by atoms with Gasteiger partial charge in [0.2, 0.25) is 0 Å². The van der Waals surface area contributed by atoms with E-state index in [0.717, 1.165) is 5.56 Å². The second-order valence-corrected chi connectivity index (χ2v) is 5.91. The highest BCUT2D eigenvalue weighted by atomic mass is 32.2. The summed E-state index contributed by atoms with van der Waals surface area (Å²) >= 11 is 0. The molecule has 0 fully saturated rings. The van der Waals surface area contributed by atoms with Gasteiger partial charge in [-0.15, -0.1) is 4.33 Å². The van der Waals surface area contributed by atoms with Crippen molar-refractivity contribution in [2.24, 2.45) is 0 Å². The Hall–Kier alpha value is -1.73. The summed E-state index contributed by atoms with van der Waals surface area (Å²) in [5.74, 6) is 0. The van der Waals surface area contributed by atoms with E-state index in [-0.39, 0.29) is 4.90 Å². The predicted molar refractivity (Wildman–Crippen MR) is 83.6 cm³/mol. The van der Waals surface area contributed by atoms with Crippen LogP contribution in [0, 0.1) is 0 Å². The van der Waals surface area contributed by atoms with Crippen LogP contribution in [0.1, 0.15) is 18.6 Å². The van der Waals surface area contributed by atoms with Gasteiger partial charge in [-0.2, -0.15) is 8.42 Å². The van der Waals surface area contributed by atoms with Crippen LogP contribution in [-0.2, 0) is 24.1 Å². The molecule has 0 spiro atoms. The van der Waals surface area contributed by atoms with Crippen LogP contribution < -0.4 is 0 Å². The number of hydrogen-bond acceptors (Lipinski definition) is 5. The molecule has 0 aliphatic heterocycles. The van der Waals surface area contributed by atoms with Gasteiger partial charge in [0.15, 0.2) is 0 Å². The third-order valence-electron chi connectivity index (χ3n) is 2.57. The van der Waals surface area contributed by atoms with Gasteiger partial charge in [-0.25, -0.2) is 4.89 Å². The lowest BCUT2D eigenvalue weighted by atomic mass is 10.1. The smallest absolute Gasteiger partial charge is 0.323 e. The lowest BCUT2D eigenvalue weighted by molar-refractivity contribution is -0.238. The number of benzene rings is 2. The zero-order chi connectivity index (χ0) is 16.4. The molecule has 0 N–H and O–H groups in total. The van der Waals surface area contributed by atoms with Crippen molar-refractivity contribution in [2.45, 2.75) is 17.9 Å². The van der Waals surface area contributed by atoms with Crippen LogP contribution in [0.3, 0.4) is 0 Å². The van der Waals surface area contributed by atoms with Gasteiger partial charge in [-0.3, -0.25) is 0 Å². The first-order chi connectivity index (χ1) is 10.5. The van der Waals surface area contributed by atoms with Crippen molar-refractivity contribution in [3.63, 3.8) is 0 Å². The highest BCUT2D eigenvalue weighted by Crippen LogP contribution is 2.19. The lowest BCUT2D eigenvalue weighted by Crippen LogP contribution is -2.09. The molecule has 1 atom stereocenters. The minimum atomic E-state index is -3.89. The van der Waals surface area contributed by atoms with Crippen molar-refractivity contribution >= 4 is 10.1 Å². The molecule has 6 heteroatoms. The molecular formula is C16H20O5S. The monoisotopic (exact) mass is 324 g/mol. The van der Waals surface area contributed by atoms with Crippen molar-refractivity contribution in [3.05, 3.63) is 66.2 Å². The quantitative estimate of drug-likeness (QED) is 0.623. The van der Waals surface area contributed by atoms with Gasteiger partial charge in [0.05, 0.1) is 4.90 Å². The second-order valence-electron chi connectivity index (χ2n) is 4.39. The Morgan fingerprint density at radius 3 is 1.82 bits per heavy atom. The molecule has 0 aliphatic carbocycles. The second kappa shape index (κ2) is 9.32. The summed E-state index contributed by atoms with van der Waals surface area (Å²) in [6.45, 7) is 1.72. The van der Waals surface area contributed by atoms with Crippen molar-refractivity contribution in [3.8, 4) is 0 Å². The molecule has 0 aromatic heterocycles. The maximum atomic E-state index is 11.8. The normalized spacial score (nSPS) is 12.1. The van der Waals surface area contributed by atoms with Crippen LogP contribution in [0.2, 0.25) is 0 Å². The van der Waals surface area contributed by atoms with Crippen LogP contribution in [0.15, 0.2) is 65.6 Å². The summed E-state index contributed by atoms with van der Waals surface area (Å²) in [5.41, 5.74) is 0.839. The summed E-state index contributed by atoms with van der Waals surface area (Å²) in [6.07, 6.45) is -0.473. The molecule has 5 nitrogen and oxygen atoms in total. The number of rotatable bonds is 5. The van der Waals surface area contributed by atoms with E-state index in [4.69, 9.17) is 4.89 Å². The Balaban J connectivity index is 0.000000745. The average Bonchev–Trinajstić information content (AvgIpc) is 2.55. The van der Waals surface area contributed by atoms with Crippen molar-refractivity contribution < 1.29 is 22.4 Å². The van der Waals surface area contributed by atoms with Gasteiger partial charge in [-0.1, -0.05) is 48.5 Å². The van der Waals surface area contributed by atoms with Gasteiger partial charge >= 0.3 is 10.1 Å². The number of methoxy groups -OCH3 is 1. The van der Waals surface area contributed by atoms with E-state index in [1.807, 2.05) is 30.3 Å². The fourth-order valence-corrected chi connectivity index (χ4v) is 2.31. The molecule has 2 rings (SSSR count). The molecule has 1 unspecified atom stereocenters. The summed E-state index contributed by atoms with van der Waals surface area (Å²) in [4.78, 5) is 5.02. The van der Waals surface area contributed by atoms with Gasteiger partial charge in [0, 0.05) is 14.2 Å². The van der Waals surface area contributed by atoms with Gasteiger partial charge in [-0.05, 0) is 24.6 Å². The Labute approximate surface area is 131 Å². The molecule has 0 bridgehead atoms. The molecule has 2 aromatic carbocycles. The molecule has 0 saturated carbocycles. The van der Waals surface area contributed by atoms with Crippen LogP contribution in [-0.4, -0.2) is 22.6 Å². The molecule has 2 aromatic rings. The van der Waals surface area contributed by atoms with Crippen molar-refractivity contribution in [2.75, 3.05) is 14.2 Å². The maximum absolute atomic E-state index is 11.8. The summed E-state index contributed by atoms with van der Waals surface area (Å²) in [5, 5.41) is 0. The summed E-state index contributed by atoms with van der Waals surface area (Å²) < 4.78 is 32.5. The average molecular weight is 324 g/mol. The van der Waals surface area contributed by atoms with Crippen LogP contribution >= 0.6 is 0 Å². The Bertz CT molecular complexity index is 626. The first-order valence-corrected chi connectivity index (χ1v) is 8.02. The first-order valence-electron chi connectivity index (χ1n) is 6.61. The van der Waals surface area contributed by atoms with Crippen LogP contribution in [0.4, 0.5) is 0 Å². The standard InChI is InChI=1S/C14H14O4S.C2H6O/c1-12(13-8-4-2-5-9-13)17-18-19(15,16)14-10-6-3-7-11-14;1-3-2/h2-12H,1H3;1-2H3. The molecule has 22 heavy (non-hydrogen) atoms. The van der Waals surface area contributed by atoms with Crippen LogP contribution in [0.5, 0.6) is 0 Å². The third kappa shape index (κ3) is 5.95. The van der Waals surface area contributed by atoms with E-state index in [1.165, 1.54) is 12.1 Å². The van der Waals surface area contributed by atoms with E-state index >= 15 is 0 Å². The fourth-order valence-electron chi connectivity index (χ4n) is 1.52. The van der Waals surface area contributed by atoms with E-state index in [2.05, 4.69) is 9.07 Å². The zero-order valence-electron chi connectivity index (χ0n) is 12.8. The molecule has 0 saturated heterocycles. The molecule has 0 radical (unpaired) electrons. The van der Waals surface area contributed by atoms with Crippen molar-refractivity contribution in [1.29, 1.82) is 0 Å². The zero-order valence-corrected chi connectivity index (χ0v) is 13.6. The topological polar surface area (TPSA) is 61.8 Å². The summed E-state index contributed by atoms with van der Waals surface area (Å²) in [7, 11) is -0.636. The van der Waals surface area contributed by atoms with Gasteiger partial charge < -0.3 is 4.74 Å². The molecule has 0 heterocycles. The molecule has 120 valence electrons. The van der Waals surface area contributed by atoms with Crippen LogP contribution in [0.25, 0.3) is 0 Å². The number of ether oxygens (including phenoxy) is 1. The molecule has 0 aliphatic rings. The maximum Gasteiger partial charge on any atom is 0.323 e. The Morgan fingerprint density at radius 1 is 0.864 bits per heavy atom. The van der Waals surface area contributed by atoms with Crippen molar-refractivity contribution in [1.82, 2.24) is 0 Å². The van der Waals surface area contributed by atoms with E-state index < -0.39 is 16.2 Å². The largest absolute Gasteiger partial charge is 0.388 e. The minimum absolute atomic E-state index is 0.0651. The van der Waals surface area contributed by atoms with E-state index in [1.54, 1.807) is 39.3 Å². The highest BCUT2D eigenvalue weighted by Gasteiger charge is 2.18. The lowest BCUT2D eigenvalue weighted by Gasteiger charge is -2.11. The first kappa shape index (κ1) is 18.3. The fraction of sp³-hybridized carbons (Fsp3) is 0.250. The Morgan fingerprint density at radius 2 is 1.32 bits per heavy atom. The van der Waals surface area contributed by atoms with E-state index in [9.17, 15) is 8.42 Å². The van der Waals surface area contributed by atoms with E-state index in [0.29, 0.717) is 0 Å². The Kier molecular flexibility index (Phi) is 7.76. The minimum Gasteiger partial charge on any atom is -0.388 e. The predicted octanol–water partition coefficient (Wildman–Crippen LogP) is 3.35. The number of hydrogen-bond donors (Lipinski definition) is 0. The summed E-state index contributed by atoms with van der Waals surface area (Å²) in [6, 6.07) is 17.1. The van der Waals surface area contributed by atoms with Gasteiger partial charge in [0.1, 0.15) is 6.10 Å². The highest BCUT2D eigenvalue weighted by molar-refractivity contribution is 7.86.